The van der Waals surface area contributed by atoms with E-state index in [9.17, 15) is 9.90 Å². The summed E-state index contributed by atoms with van der Waals surface area (Å²) in [6.45, 7) is 3.83. The van der Waals surface area contributed by atoms with Gasteiger partial charge in [0.1, 0.15) is 5.75 Å². The minimum absolute atomic E-state index is 0.0123. The lowest BCUT2D eigenvalue weighted by Gasteiger charge is -2.17. The van der Waals surface area contributed by atoms with Crippen LogP contribution in [0.3, 0.4) is 0 Å². The average Bonchev–Trinajstić information content (AvgIpc) is 2.71. The number of amides is 1. The number of phenolic OH excluding ortho intramolecular Hbond substituents is 1. The molecular weight excluding hydrogens is 274 g/mol. The van der Waals surface area contributed by atoms with Gasteiger partial charge in [0.25, 0.3) is 0 Å². The number of thioether (sulfide) groups is 1. The molecular formula is C14H15N3O2S. The van der Waals surface area contributed by atoms with Crippen molar-refractivity contribution >= 4 is 23.5 Å². The van der Waals surface area contributed by atoms with E-state index in [1.54, 1.807) is 23.9 Å². The van der Waals surface area contributed by atoms with Crippen LogP contribution in [-0.4, -0.2) is 26.5 Å². The Morgan fingerprint density at radius 1 is 1.30 bits per heavy atom. The van der Waals surface area contributed by atoms with E-state index >= 15 is 0 Å². The summed E-state index contributed by atoms with van der Waals surface area (Å²) in [4.78, 5) is 12.0. The number of aromatic hydroxyl groups is 1. The number of hydrogen-bond acceptors (Lipinski definition) is 4. The maximum absolute atomic E-state index is 12.0. The molecule has 3 N–H and O–H groups in total. The first-order valence-corrected chi connectivity index (χ1v) is 7.30. The number of aromatic nitrogens is 2. The highest BCUT2D eigenvalue weighted by Crippen LogP contribution is 2.44. The number of H-pyrrole nitrogens is 1. The Labute approximate surface area is 120 Å². The van der Waals surface area contributed by atoms with E-state index in [1.165, 1.54) is 0 Å². The summed E-state index contributed by atoms with van der Waals surface area (Å²) in [5.41, 5.74) is 2.99. The predicted octanol–water partition coefficient (Wildman–Crippen LogP) is 2.59. The third kappa shape index (κ3) is 2.16. The number of aryl methyl sites for hydroxylation is 1. The summed E-state index contributed by atoms with van der Waals surface area (Å²) < 4.78 is 0. The molecule has 5 nitrogen and oxygen atoms in total. The third-order valence-electron chi connectivity index (χ3n) is 3.40. The summed E-state index contributed by atoms with van der Waals surface area (Å²) in [6.07, 6.45) is 0. The van der Waals surface area contributed by atoms with E-state index in [0.29, 0.717) is 5.82 Å². The van der Waals surface area contributed by atoms with E-state index < -0.39 is 0 Å². The molecule has 20 heavy (non-hydrogen) atoms. The standard InChI is InChI=1S/C14H15N3O2S/c1-7-11-12(9-3-5-10(18)6-4-9)20-8(2)14(19)15-13(11)17-16-7/h3-6,8,12,18H,1-2H3,(H2,15,16,17,19)/t8-,12-/m0/s1. The molecule has 1 aromatic carbocycles. The number of nitrogens with zero attached hydrogens (tertiary/aromatic N) is 1. The highest BCUT2D eigenvalue weighted by atomic mass is 32.2. The Morgan fingerprint density at radius 3 is 2.70 bits per heavy atom. The number of nitrogens with one attached hydrogen (secondary N) is 2. The number of aromatic amines is 1. The van der Waals surface area contributed by atoms with Crippen molar-refractivity contribution < 1.29 is 9.90 Å². The quantitative estimate of drug-likeness (QED) is 0.754. The van der Waals surface area contributed by atoms with Gasteiger partial charge >= 0.3 is 0 Å². The zero-order valence-electron chi connectivity index (χ0n) is 11.2. The zero-order valence-corrected chi connectivity index (χ0v) is 12.0. The fourth-order valence-electron chi connectivity index (χ4n) is 2.30. The lowest BCUT2D eigenvalue weighted by Crippen LogP contribution is -2.21. The molecule has 0 radical (unpaired) electrons. The monoisotopic (exact) mass is 289 g/mol. The highest BCUT2D eigenvalue weighted by Gasteiger charge is 2.32. The van der Waals surface area contributed by atoms with Gasteiger partial charge in [0.15, 0.2) is 5.82 Å². The summed E-state index contributed by atoms with van der Waals surface area (Å²) in [5, 5.41) is 19.2. The molecule has 0 saturated carbocycles. The van der Waals surface area contributed by atoms with Crippen LogP contribution in [0, 0.1) is 6.92 Å². The SMILES string of the molecule is Cc1[nH]nc2c1[C@H](c1ccc(O)cc1)S[C@@H](C)C(=O)N2. The fourth-order valence-corrected chi connectivity index (χ4v) is 3.63. The van der Waals surface area contributed by atoms with Crippen LogP contribution >= 0.6 is 11.8 Å². The molecule has 1 aliphatic heterocycles. The maximum Gasteiger partial charge on any atom is 0.238 e. The second-order valence-corrected chi connectivity index (χ2v) is 6.30. The second kappa shape index (κ2) is 4.86. The lowest BCUT2D eigenvalue weighted by molar-refractivity contribution is -0.115. The zero-order chi connectivity index (χ0) is 14.3. The van der Waals surface area contributed by atoms with Gasteiger partial charge in [-0.05, 0) is 31.5 Å². The molecule has 6 heteroatoms. The highest BCUT2D eigenvalue weighted by molar-refractivity contribution is 8.01. The number of rotatable bonds is 1. The van der Waals surface area contributed by atoms with Crippen LogP contribution in [0.15, 0.2) is 24.3 Å². The van der Waals surface area contributed by atoms with Crippen molar-refractivity contribution in [3.05, 3.63) is 41.1 Å². The first-order chi connectivity index (χ1) is 9.56. The molecule has 1 aliphatic rings. The average molecular weight is 289 g/mol. The molecule has 0 bridgehead atoms. The van der Waals surface area contributed by atoms with Gasteiger partial charge in [-0.1, -0.05) is 12.1 Å². The van der Waals surface area contributed by atoms with Crippen molar-refractivity contribution in [3.8, 4) is 5.75 Å². The molecule has 0 unspecified atom stereocenters. The Hall–Kier alpha value is -1.95. The van der Waals surface area contributed by atoms with Crippen LogP contribution in [0.5, 0.6) is 5.75 Å². The van der Waals surface area contributed by atoms with Gasteiger partial charge in [-0.25, -0.2) is 0 Å². The first-order valence-electron chi connectivity index (χ1n) is 6.36. The Morgan fingerprint density at radius 2 is 2.00 bits per heavy atom. The lowest BCUT2D eigenvalue weighted by atomic mass is 10.0. The van der Waals surface area contributed by atoms with Crippen molar-refractivity contribution in [3.63, 3.8) is 0 Å². The van der Waals surface area contributed by atoms with E-state index in [2.05, 4.69) is 15.5 Å². The molecule has 104 valence electrons. The molecule has 0 fully saturated rings. The molecule has 0 spiro atoms. The van der Waals surface area contributed by atoms with E-state index in [-0.39, 0.29) is 22.2 Å². The van der Waals surface area contributed by atoms with Crippen LogP contribution in [0.25, 0.3) is 0 Å². The minimum Gasteiger partial charge on any atom is -0.508 e. The smallest absolute Gasteiger partial charge is 0.238 e. The number of benzene rings is 1. The van der Waals surface area contributed by atoms with Crippen LogP contribution in [0.4, 0.5) is 5.82 Å². The van der Waals surface area contributed by atoms with Crippen molar-refractivity contribution in [1.82, 2.24) is 10.2 Å². The largest absolute Gasteiger partial charge is 0.508 e. The molecule has 3 rings (SSSR count). The van der Waals surface area contributed by atoms with Crippen LogP contribution in [0.1, 0.15) is 29.0 Å². The molecule has 2 aromatic rings. The van der Waals surface area contributed by atoms with Gasteiger partial charge in [0.05, 0.1) is 10.5 Å². The predicted molar refractivity (Wildman–Crippen MR) is 79.0 cm³/mol. The number of hydrogen-bond donors (Lipinski definition) is 3. The van der Waals surface area contributed by atoms with E-state index in [1.807, 2.05) is 26.0 Å². The van der Waals surface area contributed by atoms with Gasteiger partial charge < -0.3 is 10.4 Å². The summed E-state index contributed by atoms with van der Waals surface area (Å²) in [5.74, 6) is 0.796. The van der Waals surface area contributed by atoms with Crippen molar-refractivity contribution in [2.75, 3.05) is 5.32 Å². The van der Waals surface area contributed by atoms with Crippen molar-refractivity contribution in [1.29, 1.82) is 0 Å². The summed E-state index contributed by atoms with van der Waals surface area (Å²) in [6, 6.07) is 7.09. The Kier molecular flexibility index (Phi) is 3.17. The third-order valence-corrected chi connectivity index (χ3v) is 4.81. The van der Waals surface area contributed by atoms with Gasteiger partial charge in [0, 0.05) is 11.3 Å². The molecule has 2 atom stereocenters. The van der Waals surface area contributed by atoms with E-state index in [0.717, 1.165) is 16.8 Å². The van der Waals surface area contributed by atoms with Crippen molar-refractivity contribution in [2.24, 2.45) is 0 Å². The summed E-state index contributed by atoms with van der Waals surface area (Å²) >= 11 is 1.58. The van der Waals surface area contributed by atoms with E-state index in [4.69, 9.17) is 0 Å². The van der Waals surface area contributed by atoms with Gasteiger partial charge in [0.2, 0.25) is 5.91 Å². The van der Waals surface area contributed by atoms with Gasteiger partial charge in [-0.2, -0.15) is 5.10 Å². The maximum atomic E-state index is 12.0. The number of carbonyl (C=O) groups is 1. The Balaban J connectivity index is 2.10. The molecule has 1 amide bonds. The minimum atomic E-state index is -0.164. The number of fused-ring (bicyclic) bond motifs is 1. The Bertz CT molecular complexity index is 651. The molecule has 0 saturated heterocycles. The topological polar surface area (TPSA) is 78.0 Å². The fraction of sp³-hybridized carbons (Fsp3) is 0.286. The van der Waals surface area contributed by atoms with Gasteiger partial charge in [-0.3, -0.25) is 9.89 Å². The van der Waals surface area contributed by atoms with Gasteiger partial charge in [-0.15, -0.1) is 11.8 Å². The number of phenols is 1. The van der Waals surface area contributed by atoms with Crippen LogP contribution < -0.4 is 5.32 Å². The van der Waals surface area contributed by atoms with Crippen LogP contribution in [-0.2, 0) is 4.79 Å². The van der Waals surface area contributed by atoms with Crippen molar-refractivity contribution in [2.45, 2.75) is 24.3 Å². The number of anilines is 1. The first kappa shape index (κ1) is 13.1. The molecule has 0 aliphatic carbocycles. The molecule has 1 aromatic heterocycles. The normalized spacial score (nSPS) is 22.0. The summed E-state index contributed by atoms with van der Waals surface area (Å²) in [7, 11) is 0. The second-order valence-electron chi connectivity index (χ2n) is 4.85. The number of carbonyl (C=O) groups excluding carboxylic acids is 1. The molecule has 2 heterocycles. The van der Waals surface area contributed by atoms with Crippen LogP contribution in [0.2, 0.25) is 0 Å².